The first-order valence-corrected chi connectivity index (χ1v) is 7.83. The van der Waals surface area contributed by atoms with Crippen molar-refractivity contribution in [3.63, 3.8) is 0 Å². The van der Waals surface area contributed by atoms with Gasteiger partial charge in [-0.25, -0.2) is 4.39 Å². The van der Waals surface area contributed by atoms with Crippen LogP contribution in [0.3, 0.4) is 0 Å². The minimum atomic E-state index is -0.989. The van der Waals surface area contributed by atoms with Gasteiger partial charge in [-0.05, 0) is 41.7 Å². The third kappa shape index (κ3) is 3.27. The van der Waals surface area contributed by atoms with Crippen molar-refractivity contribution in [2.24, 2.45) is 0 Å². The lowest BCUT2D eigenvalue weighted by Gasteiger charge is -2.26. The molecule has 2 unspecified atom stereocenters. The van der Waals surface area contributed by atoms with Gasteiger partial charge >= 0.3 is 0 Å². The number of hydrogen-bond donors (Lipinski definition) is 1. The Balaban J connectivity index is 1.69. The molecule has 0 bridgehead atoms. The molecule has 4 heteroatoms. The van der Waals surface area contributed by atoms with Crippen LogP contribution in [0.4, 0.5) is 4.39 Å². The van der Waals surface area contributed by atoms with Gasteiger partial charge in [0.05, 0.1) is 18.6 Å². The van der Waals surface area contributed by atoms with Crippen molar-refractivity contribution in [2.75, 3.05) is 7.05 Å². The van der Waals surface area contributed by atoms with Crippen LogP contribution in [0.2, 0.25) is 0 Å². The number of aliphatic hydroxyl groups excluding tert-OH is 1. The van der Waals surface area contributed by atoms with Crippen molar-refractivity contribution in [2.45, 2.75) is 31.4 Å². The molecule has 120 valence electrons. The van der Waals surface area contributed by atoms with E-state index in [0.717, 1.165) is 12.8 Å². The third-order valence-corrected chi connectivity index (χ3v) is 4.56. The Kier molecular flexibility index (Phi) is 4.44. The zero-order valence-corrected chi connectivity index (χ0v) is 13.1. The van der Waals surface area contributed by atoms with E-state index >= 15 is 0 Å². The molecular formula is C19H20FNO2. The second-order valence-electron chi connectivity index (χ2n) is 6.03. The van der Waals surface area contributed by atoms with Crippen LogP contribution in [-0.4, -0.2) is 23.0 Å². The summed E-state index contributed by atoms with van der Waals surface area (Å²) in [5, 5.41) is 10.2. The number of aryl methyl sites for hydroxylation is 1. The monoisotopic (exact) mass is 313 g/mol. The molecule has 0 fully saturated rings. The quantitative estimate of drug-likeness (QED) is 0.940. The molecule has 3 rings (SSSR count). The van der Waals surface area contributed by atoms with Gasteiger partial charge in [0.2, 0.25) is 5.91 Å². The first-order chi connectivity index (χ1) is 11.1. The predicted octanol–water partition coefficient (Wildman–Crippen LogP) is 3.40. The van der Waals surface area contributed by atoms with Gasteiger partial charge < -0.3 is 10.0 Å². The van der Waals surface area contributed by atoms with Gasteiger partial charge in [0, 0.05) is 7.05 Å². The molecule has 0 aliphatic heterocycles. The van der Waals surface area contributed by atoms with E-state index in [2.05, 4.69) is 12.1 Å². The lowest BCUT2D eigenvalue weighted by Crippen LogP contribution is -2.31. The number of carbonyl (C=O) groups is 1. The van der Waals surface area contributed by atoms with Gasteiger partial charge in [-0.3, -0.25) is 4.79 Å². The topological polar surface area (TPSA) is 40.5 Å². The maximum absolute atomic E-state index is 13.2. The van der Waals surface area contributed by atoms with Gasteiger partial charge in [0.1, 0.15) is 5.82 Å². The molecule has 1 N–H and O–H groups in total. The fourth-order valence-electron chi connectivity index (χ4n) is 3.25. The number of amides is 1. The van der Waals surface area contributed by atoms with Crippen LogP contribution >= 0.6 is 0 Å². The molecule has 2 aromatic rings. The molecule has 1 amide bonds. The maximum atomic E-state index is 13.2. The van der Waals surface area contributed by atoms with Gasteiger partial charge in [-0.15, -0.1) is 0 Å². The molecule has 2 aromatic carbocycles. The largest absolute Gasteiger partial charge is 0.388 e. The van der Waals surface area contributed by atoms with Gasteiger partial charge in [-0.1, -0.05) is 36.4 Å². The zero-order valence-electron chi connectivity index (χ0n) is 13.1. The number of carbonyl (C=O) groups excluding carboxylic acids is 1. The van der Waals surface area contributed by atoms with Gasteiger partial charge in [0.15, 0.2) is 0 Å². The first kappa shape index (κ1) is 15.7. The van der Waals surface area contributed by atoms with E-state index in [4.69, 9.17) is 0 Å². The predicted molar refractivity (Wildman–Crippen MR) is 86.3 cm³/mol. The second-order valence-corrected chi connectivity index (χ2v) is 6.03. The molecule has 1 aliphatic rings. The zero-order chi connectivity index (χ0) is 16.4. The lowest BCUT2D eigenvalue weighted by atomic mass is 10.0. The Morgan fingerprint density at radius 1 is 1.30 bits per heavy atom. The minimum absolute atomic E-state index is 0.0430. The standard InChI is InChI=1S/C19H20FNO2/c1-21(17-10-9-13-5-2-3-8-16(13)17)19(23)12-18(22)14-6-4-7-15(20)11-14/h2-8,11,17-18,22H,9-10,12H2,1H3. The summed E-state index contributed by atoms with van der Waals surface area (Å²) in [5.41, 5.74) is 2.89. The molecule has 23 heavy (non-hydrogen) atoms. The highest BCUT2D eigenvalue weighted by molar-refractivity contribution is 5.77. The van der Waals surface area contributed by atoms with Crippen molar-refractivity contribution in [1.82, 2.24) is 4.90 Å². The summed E-state index contributed by atoms with van der Waals surface area (Å²) >= 11 is 0. The van der Waals surface area contributed by atoms with E-state index in [1.165, 1.54) is 29.3 Å². The molecule has 0 spiro atoms. The molecule has 0 heterocycles. The fourth-order valence-corrected chi connectivity index (χ4v) is 3.25. The number of rotatable bonds is 4. The first-order valence-electron chi connectivity index (χ1n) is 7.83. The second kappa shape index (κ2) is 6.50. The Labute approximate surface area is 135 Å². The number of aliphatic hydroxyl groups is 1. The number of nitrogens with zero attached hydrogens (tertiary/aromatic N) is 1. The Hall–Kier alpha value is -2.20. The molecule has 2 atom stereocenters. The Bertz CT molecular complexity index is 716. The van der Waals surface area contributed by atoms with Crippen molar-refractivity contribution in [3.8, 4) is 0 Å². The number of hydrogen-bond acceptors (Lipinski definition) is 2. The van der Waals surface area contributed by atoms with Crippen molar-refractivity contribution in [1.29, 1.82) is 0 Å². The van der Waals surface area contributed by atoms with Crippen LogP contribution in [-0.2, 0) is 11.2 Å². The molecule has 0 aromatic heterocycles. The summed E-state index contributed by atoms with van der Waals surface area (Å²) in [6.07, 6.45) is 0.832. The molecule has 0 saturated carbocycles. The summed E-state index contributed by atoms with van der Waals surface area (Å²) in [5.74, 6) is -0.546. The number of halogens is 1. The highest BCUT2D eigenvalue weighted by atomic mass is 19.1. The fraction of sp³-hybridized carbons (Fsp3) is 0.316. The maximum Gasteiger partial charge on any atom is 0.225 e. The molecule has 0 radical (unpaired) electrons. The summed E-state index contributed by atoms with van der Waals surface area (Å²) in [4.78, 5) is 14.2. The SMILES string of the molecule is CN(C(=O)CC(O)c1cccc(F)c1)C1CCc2ccccc21. The summed E-state index contributed by atoms with van der Waals surface area (Å²) in [7, 11) is 1.77. The number of fused-ring (bicyclic) bond motifs is 1. The third-order valence-electron chi connectivity index (χ3n) is 4.56. The van der Waals surface area contributed by atoms with Crippen molar-refractivity contribution >= 4 is 5.91 Å². The van der Waals surface area contributed by atoms with E-state index < -0.39 is 11.9 Å². The van der Waals surface area contributed by atoms with Crippen LogP contribution < -0.4 is 0 Å². The van der Waals surface area contributed by atoms with E-state index in [0.29, 0.717) is 5.56 Å². The summed E-state index contributed by atoms with van der Waals surface area (Å²) < 4.78 is 13.2. The van der Waals surface area contributed by atoms with E-state index in [-0.39, 0.29) is 18.4 Å². The van der Waals surface area contributed by atoms with Crippen LogP contribution in [0, 0.1) is 5.82 Å². The Morgan fingerprint density at radius 3 is 2.87 bits per heavy atom. The van der Waals surface area contributed by atoms with Crippen LogP contribution in [0.5, 0.6) is 0 Å². The van der Waals surface area contributed by atoms with Gasteiger partial charge in [-0.2, -0.15) is 0 Å². The molecule has 3 nitrogen and oxygen atoms in total. The number of benzene rings is 2. The van der Waals surface area contributed by atoms with Crippen molar-refractivity contribution < 1.29 is 14.3 Å². The average Bonchev–Trinajstić information content (AvgIpc) is 2.98. The van der Waals surface area contributed by atoms with Crippen LogP contribution in [0.15, 0.2) is 48.5 Å². The van der Waals surface area contributed by atoms with Crippen LogP contribution in [0.1, 0.15) is 41.7 Å². The van der Waals surface area contributed by atoms with E-state index in [9.17, 15) is 14.3 Å². The van der Waals surface area contributed by atoms with Gasteiger partial charge in [0.25, 0.3) is 0 Å². The Morgan fingerprint density at radius 2 is 2.09 bits per heavy atom. The minimum Gasteiger partial charge on any atom is -0.388 e. The molecule has 0 saturated heterocycles. The van der Waals surface area contributed by atoms with Crippen LogP contribution in [0.25, 0.3) is 0 Å². The lowest BCUT2D eigenvalue weighted by molar-refractivity contribution is -0.134. The highest BCUT2D eigenvalue weighted by Gasteiger charge is 2.29. The molecular weight excluding hydrogens is 293 g/mol. The average molecular weight is 313 g/mol. The highest BCUT2D eigenvalue weighted by Crippen LogP contribution is 2.35. The van der Waals surface area contributed by atoms with E-state index in [1.807, 2.05) is 12.1 Å². The van der Waals surface area contributed by atoms with Crippen molar-refractivity contribution in [3.05, 3.63) is 71.0 Å². The normalized spacial score (nSPS) is 17.6. The molecule has 1 aliphatic carbocycles. The van der Waals surface area contributed by atoms with E-state index in [1.54, 1.807) is 18.0 Å². The smallest absolute Gasteiger partial charge is 0.225 e. The summed E-state index contributed by atoms with van der Waals surface area (Å²) in [6, 6.07) is 13.9. The summed E-state index contributed by atoms with van der Waals surface area (Å²) in [6.45, 7) is 0.